The summed E-state index contributed by atoms with van der Waals surface area (Å²) in [5.41, 5.74) is 3.08. The van der Waals surface area contributed by atoms with Crippen LogP contribution < -0.4 is 5.32 Å². The van der Waals surface area contributed by atoms with Crippen LogP contribution in [0.4, 0.5) is 11.4 Å². The lowest BCUT2D eigenvalue weighted by atomic mass is 10.2. The SMILES string of the molecule is Cc1c(Cl)cccc1N=C1NC(=O)/C(=C\c2cccn2-c2ccc([N+](=O)[O-])cc2)S1. The number of nitrogens with one attached hydrogen (secondary N) is 1. The summed E-state index contributed by atoms with van der Waals surface area (Å²) in [6, 6.07) is 15.4. The molecule has 0 bridgehead atoms. The lowest BCUT2D eigenvalue weighted by Gasteiger charge is -2.06. The molecule has 1 fully saturated rings. The number of halogens is 1. The van der Waals surface area contributed by atoms with Gasteiger partial charge < -0.3 is 9.88 Å². The number of amidine groups is 1. The summed E-state index contributed by atoms with van der Waals surface area (Å²) < 4.78 is 1.85. The van der Waals surface area contributed by atoms with Gasteiger partial charge in [0.1, 0.15) is 0 Å². The molecule has 9 heteroatoms. The number of benzene rings is 2. The van der Waals surface area contributed by atoms with Gasteiger partial charge in [-0.25, -0.2) is 4.99 Å². The molecule has 0 saturated carbocycles. The van der Waals surface area contributed by atoms with Gasteiger partial charge in [0.2, 0.25) is 0 Å². The van der Waals surface area contributed by atoms with Gasteiger partial charge >= 0.3 is 0 Å². The fourth-order valence-electron chi connectivity index (χ4n) is 2.92. The molecule has 2 aromatic carbocycles. The topological polar surface area (TPSA) is 89.5 Å². The van der Waals surface area contributed by atoms with Crippen LogP contribution >= 0.6 is 23.4 Å². The summed E-state index contributed by atoms with van der Waals surface area (Å²) in [4.78, 5) is 27.8. The zero-order valence-corrected chi connectivity index (χ0v) is 17.3. The number of non-ortho nitro benzene ring substituents is 1. The molecule has 3 aromatic rings. The van der Waals surface area contributed by atoms with Crippen molar-refractivity contribution in [2.24, 2.45) is 4.99 Å². The zero-order valence-electron chi connectivity index (χ0n) is 15.7. The molecule has 1 aliphatic rings. The third kappa shape index (κ3) is 4.00. The van der Waals surface area contributed by atoms with E-state index < -0.39 is 4.92 Å². The minimum atomic E-state index is -0.440. The Balaban J connectivity index is 1.61. The highest BCUT2D eigenvalue weighted by molar-refractivity contribution is 8.18. The molecule has 2 heterocycles. The normalized spacial score (nSPS) is 16.3. The molecule has 0 aliphatic carbocycles. The van der Waals surface area contributed by atoms with Crippen LogP contribution in [-0.4, -0.2) is 20.6 Å². The molecule has 4 rings (SSSR count). The van der Waals surface area contributed by atoms with Crippen LogP contribution in [0.25, 0.3) is 11.8 Å². The quantitative estimate of drug-likeness (QED) is 0.342. The summed E-state index contributed by atoms with van der Waals surface area (Å²) in [5.74, 6) is -0.241. The molecule has 0 atom stereocenters. The Morgan fingerprint density at radius 2 is 1.93 bits per heavy atom. The van der Waals surface area contributed by atoms with Crippen LogP contribution in [-0.2, 0) is 4.79 Å². The number of aromatic nitrogens is 1. The average molecular weight is 439 g/mol. The number of carbonyl (C=O) groups is 1. The van der Waals surface area contributed by atoms with E-state index in [9.17, 15) is 14.9 Å². The molecule has 1 amide bonds. The van der Waals surface area contributed by atoms with Crippen LogP contribution in [0, 0.1) is 17.0 Å². The van der Waals surface area contributed by atoms with Gasteiger partial charge in [0.15, 0.2) is 5.17 Å². The molecular formula is C21H15ClN4O3S. The minimum Gasteiger partial charge on any atom is -0.317 e. The van der Waals surface area contributed by atoms with E-state index in [1.54, 1.807) is 24.3 Å². The third-order valence-corrected chi connectivity index (χ3v) is 5.83. The van der Waals surface area contributed by atoms with Crippen molar-refractivity contribution in [2.75, 3.05) is 0 Å². The van der Waals surface area contributed by atoms with Gasteiger partial charge in [-0.05, 0) is 66.7 Å². The lowest BCUT2D eigenvalue weighted by molar-refractivity contribution is -0.384. The van der Waals surface area contributed by atoms with E-state index in [4.69, 9.17) is 11.6 Å². The lowest BCUT2D eigenvalue weighted by Crippen LogP contribution is -2.19. The number of hydrogen-bond donors (Lipinski definition) is 1. The van der Waals surface area contributed by atoms with Crippen molar-refractivity contribution in [3.8, 4) is 5.69 Å². The number of nitro benzene ring substituents is 1. The smallest absolute Gasteiger partial charge is 0.269 e. The van der Waals surface area contributed by atoms with Gasteiger partial charge in [0, 0.05) is 34.7 Å². The fourth-order valence-corrected chi connectivity index (χ4v) is 3.91. The molecule has 150 valence electrons. The number of amides is 1. The molecule has 1 N–H and O–H groups in total. The van der Waals surface area contributed by atoms with Crippen LogP contribution in [0.1, 0.15) is 11.3 Å². The predicted molar refractivity (Wildman–Crippen MR) is 119 cm³/mol. The van der Waals surface area contributed by atoms with E-state index in [1.807, 2.05) is 42.0 Å². The first-order valence-electron chi connectivity index (χ1n) is 8.89. The predicted octanol–water partition coefficient (Wildman–Crippen LogP) is 5.24. The molecule has 1 aromatic heterocycles. The second-order valence-electron chi connectivity index (χ2n) is 6.44. The fraction of sp³-hybridized carbons (Fsp3) is 0.0476. The van der Waals surface area contributed by atoms with Crippen molar-refractivity contribution in [3.05, 3.63) is 92.1 Å². The number of aliphatic imine (C=N–C) groups is 1. The number of nitrogens with zero attached hydrogens (tertiary/aromatic N) is 3. The molecule has 7 nitrogen and oxygen atoms in total. The monoisotopic (exact) mass is 438 g/mol. The molecule has 0 spiro atoms. The largest absolute Gasteiger partial charge is 0.317 e. The highest BCUT2D eigenvalue weighted by Gasteiger charge is 2.24. The number of hydrogen-bond acceptors (Lipinski definition) is 5. The Morgan fingerprint density at radius 3 is 2.67 bits per heavy atom. The van der Waals surface area contributed by atoms with E-state index >= 15 is 0 Å². The molecule has 1 saturated heterocycles. The van der Waals surface area contributed by atoms with E-state index in [0.29, 0.717) is 20.8 Å². The van der Waals surface area contributed by atoms with Crippen LogP contribution in [0.3, 0.4) is 0 Å². The Kier molecular flexibility index (Phi) is 5.43. The maximum absolute atomic E-state index is 12.4. The van der Waals surface area contributed by atoms with Crippen LogP contribution in [0.15, 0.2) is 70.7 Å². The highest BCUT2D eigenvalue weighted by Crippen LogP contribution is 2.31. The van der Waals surface area contributed by atoms with Crippen molar-refractivity contribution in [3.63, 3.8) is 0 Å². The second-order valence-corrected chi connectivity index (χ2v) is 7.88. The molecule has 1 aliphatic heterocycles. The Morgan fingerprint density at radius 1 is 1.17 bits per heavy atom. The standard InChI is InChI=1S/C21H15ClN4O3S/c1-13-17(22)5-2-6-18(13)23-21-24-20(27)19(30-21)12-16-4-3-11-25(16)14-7-9-15(10-8-14)26(28)29/h2-12H,1H3,(H,23,24,27)/b19-12+. The zero-order chi connectivity index (χ0) is 21.3. The van der Waals surface area contributed by atoms with Gasteiger partial charge in [0.05, 0.1) is 15.5 Å². The summed E-state index contributed by atoms with van der Waals surface area (Å²) in [6.07, 6.45) is 3.59. The number of nitro groups is 1. The van der Waals surface area contributed by atoms with Gasteiger partial charge in [-0.2, -0.15) is 0 Å². The summed E-state index contributed by atoms with van der Waals surface area (Å²) in [6.45, 7) is 1.87. The first-order chi connectivity index (χ1) is 14.4. The highest BCUT2D eigenvalue weighted by atomic mass is 35.5. The van der Waals surface area contributed by atoms with Gasteiger partial charge in [-0.1, -0.05) is 17.7 Å². The van der Waals surface area contributed by atoms with E-state index in [1.165, 1.54) is 23.9 Å². The molecule has 0 unspecified atom stereocenters. The summed E-state index contributed by atoms with van der Waals surface area (Å²) >= 11 is 7.38. The van der Waals surface area contributed by atoms with Gasteiger partial charge in [-0.3, -0.25) is 14.9 Å². The first kappa shape index (κ1) is 19.9. The molecular weight excluding hydrogens is 424 g/mol. The Labute approximate surface area is 181 Å². The van der Waals surface area contributed by atoms with Crippen molar-refractivity contribution in [2.45, 2.75) is 6.92 Å². The second kappa shape index (κ2) is 8.17. The van der Waals surface area contributed by atoms with E-state index in [2.05, 4.69) is 10.3 Å². The maximum atomic E-state index is 12.4. The number of rotatable bonds is 4. The minimum absolute atomic E-state index is 0.0219. The molecule has 30 heavy (non-hydrogen) atoms. The van der Waals surface area contributed by atoms with Crippen LogP contribution in [0.2, 0.25) is 5.02 Å². The van der Waals surface area contributed by atoms with Crippen molar-refractivity contribution < 1.29 is 9.72 Å². The van der Waals surface area contributed by atoms with Gasteiger partial charge in [-0.15, -0.1) is 0 Å². The summed E-state index contributed by atoms with van der Waals surface area (Å²) in [5, 5.41) is 14.7. The third-order valence-electron chi connectivity index (χ3n) is 4.51. The van der Waals surface area contributed by atoms with Gasteiger partial charge in [0.25, 0.3) is 11.6 Å². The van der Waals surface area contributed by atoms with E-state index in [-0.39, 0.29) is 11.6 Å². The van der Waals surface area contributed by atoms with Crippen molar-refractivity contribution >= 4 is 51.9 Å². The number of thioether (sulfide) groups is 1. The Hall–Kier alpha value is -3.36. The van der Waals surface area contributed by atoms with Crippen molar-refractivity contribution in [1.29, 1.82) is 0 Å². The van der Waals surface area contributed by atoms with E-state index in [0.717, 1.165) is 16.9 Å². The number of carbonyl (C=O) groups excluding carboxylic acids is 1. The maximum Gasteiger partial charge on any atom is 0.269 e. The Bertz CT molecular complexity index is 1220. The molecule has 0 radical (unpaired) electrons. The van der Waals surface area contributed by atoms with Crippen LogP contribution in [0.5, 0.6) is 0 Å². The van der Waals surface area contributed by atoms with Crippen molar-refractivity contribution in [1.82, 2.24) is 9.88 Å². The first-order valence-corrected chi connectivity index (χ1v) is 10.1. The average Bonchev–Trinajstić information content (AvgIpc) is 3.32. The summed E-state index contributed by atoms with van der Waals surface area (Å²) in [7, 11) is 0.